The third-order valence-electron chi connectivity index (χ3n) is 4.43. The zero-order valence-corrected chi connectivity index (χ0v) is 14.1. The van der Waals surface area contributed by atoms with Crippen molar-refractivity contribution < 1.29 is 14.5 Å². The number of anilines is 1. The lowest BCUT2D eigenvalue weighted by molar-refractivity contribution is -0.904. The molecule has 0 aliphatic carbocycles. The van der Waals surface area contributed by atoms with E-state index in [0.717, 1.165) is 23.5 Å². The molecule has 2 amide bonds. The summed E-state index contributed by atoms with van der Waals surface area (Å²) in [6.45, 7) is 4.39. The minimum atomic E-state index is -0.0636. The Balaban J connectivity index is 1.46. The van der Waals surface area contributed by atoms with Crippen LogP contribution in [0.15, 0.2) is 23.1 Å². The molecule has 3 rings (SSSR count). The Morgan fingerprint density at radius 1 is 1.26 bits per heavy atom. The molecule has 0 atom stereocenters. The van der Waals surface area contributed by atoms with Crippen molar-refractivity contribution >= 4 is 29.3 Å². The second kappa shape index (κ2) is 7.84. The van der Waals surface area contributed by atoms with Crippen LogP contribution in [0.4, 0.5) is 5.69 Å². The Labute approximate surface area is 141 Å². The molecular weight excluding hydrogens is 310 g/mol. The van der Waals surface area contributed by atoms with Crippen LogP contribution in [0.25, 0.3) is 0 Å². The van der Waals surface area contributed by atoms with E-state index in [2.05, 4.69) is 10.6 Å². The maximum absolute atomic E-state index is 12.2. The van der Waals surface area contributed by atoms with Crippen LogP contribution in [-0.2, 0) is 4.79 Å². The number of carbonyl (C=O) groups excluding carboxylic acids is 2. The molecule has 0 saturated carbocycles. The summed E-state index contributed by atoms with van der Waals surface area (Å²) in [5.41, 5.74) is 1.36. The maximum atomic E-state index is 12.2. The first-order valence-electron chi connectivity index (χ1n) is 8.41. The number of rotatable bonds is 5. The van der Waals surface area contributed by atoms with Gasteiger partial charge >= 0.3 is 0 Å². The molecule has 2 heterocycles. The number of likely N-dealkylation sites (tertiary alicyclic amines) is 1. The molecule has 3 N–H and O–H groups in total. The third-order valence-corrected chi connectivity index (χ3v) is 5.50. The van der Waals surface area contributed by atoms with Crippen LogP contribution in [0.1, 0.15) is 36.0 Å². The van der Waals surface area contributed by atoms with Gasteiger partial charge in [0.1, 0.15) is 0 Å². The predicted octanol–water partition coefficient (Wildman–Crippen LogP) is 0.919. The third kappa shape index (κ3) is 4.48. The highest BCUT2D eigenvalue weighted by Gasteiger charge is 2.17. The number of thioether (sulfide) groups is 1. The average molecular weight is 334 g/mol. The van der Waals surface area contributed by atoms with Gasteiger partial charge < -0.3 is 15.5 Å². The molecule has 23 heavy (non-hydrogen) atoms. The van der Waals surface area contributed by atoms with Crippen molar-refractivity contribution in [3.8, 4) is 0 Å². The van der Waals surface area contributed by atoms with E-state index in [1.165, 1.54) is 44.1 Å². The number of piperidine rings is 1. The molecule has 1 saturated heterocycles. The van der Waals surface area contributed by atoms with Crippen LogP contribution >= 0.6 is 11.8 Å². The lowest BCUT2D eigenvalue weighted by Crippen LogP contribution is -3.12. The summed E-state index contributed by atoms with van der Waals surface area (Å²) in [5, 5.41) is 5.81. The molecule has 0 spiro atoms. The van der Waals surface area contributed by atoms with E-state index in [0.29, 0.717) is 17.9 Å². The lowest BCUT2D eigenvalue weighted by Gasteiger charge is -2.23. The number of carbonyl (C=O) groups is 2. The Morgan fingerprint density at radius 3 is 2.91 bits per heavy atom. The Morgan fingerprint density at radius 2 is 2.09 bits per heavy atom. The zero-order chi connectivity index (χ0) is 16.1. The van der Waals surface area contributed by atoms with Crippen molar-refractivity contribution in [2.45, 2.75) is 30.6 Å². The first kappa shape index (κ1) is 16.3. The van der Waals surface area contributed by atoms with Crippen LogP contribution in [0.2, 0.25) is 0 Å². The number of nitrogens with one attached hydrogen (secondary N) is 3. The zero-order valence-electron chi connectivity index (χ0n) is 13.3. The van der Waals surface area contributed by atoms with Gasteiger partial charge in [-0.1, -0.05) is 0 Å². The number of hydrogen-bond acceptors (Lipinski definition) is 3. The van der Waals surface area contributed by atoms with E-state index in [1.54, 1.807) is 11.0 Å². The van der Waals surface area contributed by atoms with E-state index in [-0.39, 0.29) is 11.8 Å². The Kier molecular flexibility index (Phi) is 5.56. The Bertz CT molecular complexity index is 585. The largest absolute Gasteiger partial charge is 0.352 e. The lowest BCUT2D eigenvalue weighted by atomic mass is 10.1. The summed E-state index contributed by atoms with van der Waals surface area (Å²) >= 11 is 1.51. The standard InChI is InChI=1S/C17H23N3O2S/c21-16-12-23-15-6-5-13(11-14(15)19-16)17(22)18-7-4-10-20-8-2-1-3-9-20/h5-6,11H,1-4,7-10,12H2,(H,18,22)(H,19,21)/p+1. The molecule has 5 nitrogen and oxygen atoms in total. The second-order valence-corrected chi connectivity index (χ2v) is 7.24. The van der Waals surface area contributed by atoms with Gasteiger partial charge in [-0.2, -0.15) is 0 Å². The monoisotopic (exact) mass is 334 g/mol. The van der Waals surface area contributed by atoms with E-state index in [9.17, 15) is 9.59 Å². The molecular formula is C17H24N3O2S+. The molecule has 0 radical (unpaired) electrons. The van der Waals surface area contributed by atoms with Crippen molar-refractivity contribution in [1.29, 1.82) is 0 Å². The fourth-order valence-electron chi connectivity index (χ4n) is 3.17. The van der Waals surface area contributed by atoms with Gasteiger partial charge in [0.05, 0.1) is 31.1 Å². The topological polar surface area (TPSA) is 62.6 Å². The first-order valence-corrected chi connectivity index (χ1v) is 9.39. The number of hydrogen-bond donors (Lipinski definition) is 3. The highest BCUT2D eigenvalue weighted by Crippen LogP contribution is 2.31. The summed E-state index contributed by atoms with van der Waals surface area (Å²) in [4.78, 5) is 26.3. The summed E-state index contributed by atoms with van der Waals surface area (Å²) in [5.74, 6) is 0.369. The molecule has 1 aromatic carbocycles. The van der Waals surface area contributed by atoms with Gasteiger partial charge in [0.15, 0.2) is 0 Å². The van der Waals surface area contributed by atoms with Crippen LogP contribution in [0.3, 0.4) is 0 Å². The molecule has 124 valence electrons. The highest BCUT2D eigenvalue weighted by molar-refractivity contribution is 8.00. The summed E-state index contributed by atoms with van der Waals surface area (Å²) < 4.78 is 0. The first-order chi connectivity index (χ1) is 11.2. The van der Waals surface area contributed by atoms with Crippen molar-refractivity contribution in [3.63, 3.8) is 0 Å². The maximum Gasteiger partial charge on any atom is 0.251 e. The summed E-state index contributed by atoms with van der Waals surface area (Å²) in [6.07, 6.45) is 5.05. The van der Waals surface area contributed by atoms with Crippen molar-refractivity contribution in [1.82, 2.24) is 5.32 Å². The van der Waals surface area contributed by atoms with Crippen molar-refractivity contribution in [2.75, 3.05) is 37.2 Å². The predicted molar refractivity (Wildman–Crippen MR) is 92.2 cm³/mol. The van der Waals surface area contributed by atoms with Crippen molar-refractivity contribution in [3.05, 3.63) is 23.8 Å². The van der Waals surface area contributed by atoms with E-state index in [4.69, 9.17) is 0 Å². The molecule has 2 aliphatic heterocycles. The smallest absolute Gasteiger partial charge is 0.251 e. The highest BCUT2D eigenvalue weighted by atomic mass is 32.2. The molecule has 6 heteroatoms. The van der Waals surface area contributed by atoms with Gasteiger partial charge in [0.25, 0.3) is 5.91 Å². The van der Waals surface area contributed by atoms with Crippen LogP contribution < -0.4 is 15.5 Å². The average Bonchev–Trinajstić information content (AvgIpc) is 2.58. The van der Waals surface area contributed by atoms with Gasteiger partial charge in [-0.15, -0.1) is 11.8 Å². The van der Waals surface area contributed by atoms with Crippen LogP contribution in [0, 0.1) is 0 Å². The quantitative estimate of drug-likeness (QED) is 0.702. The van der Waals surface area contributed by atoms with E-state index in [1.807, 2.05) is 12.1 Å². The van der Waals surface area contributed by atoms with Gasteiger partial charge in [0, 0.05) is 23.4 Å². The van der Waals surface area contributed by atoms with Crippen molar-refractivity contribution in [2.24, 2.45) is 0 Å². The Hall–Kier alpha value is -1.53. The van der Waals surface area contributed by atoms with Crippen LogP contribution in [-0.4, -0.2) is 43.7 Å². The fourth-order valence-corrected chi connectivity index (χ4v) is 3.96. The normalized spacial score (nSPS) is 18.2. The van der Waals surface area contributed by atoms with Gasteiger partial charge in [-0.05, 0) is 37.5 Å². The summed E-state index contributed by atoms with van der Waals surface area (Å²) in [6, 6.07) is 5.51. The van der Waals surface area contributed by atoms with Gasteiger partial charge in [-0.3, -0.25) is 9.59 Å². The van der Waals surface area contributed by atoms with Gasteiger partial charge in [0.2, 0.25) is 5.91 Å². The van der Waals surface area contributed by atoms with E-state index < -0.39 is 0 Å². The SMILES string of the molecule is O=C1CSc2ccc(C(=O)NCCC[NH+]3CCCCC3)cc2N1. The number of amides is 2. The number of fused-ring (bicyclic) bond motifs is 1. The summed E-state index contributed by atoms with van der Waals surface area (Å²) in [7, 11) is 0. The fraction of sp³-hybridized carbons (Fsp3) is 0.529. The number of benzene rings is 1. The number of quaternary nitrogens is 1. The molecule has 0 unspecified atom stereocenters. The van der Waals surface area contributed by atoms with E-state index >= 15 is 0 Å². The molecule has 1 aromatic rings. The minimum Gasteiger partial charge on any atom is -0.352 e. The van der Waals surface area contributed by atoms with Crippen LogP contribution in [0.5, 0.6) is 0 Å². The second-order valence-electron chi connectivity index (χ2n) is 6.22. The minimum absolute atomic E-state index is 0.00966. The molecule has 0 bridgehead atoms. The molecule has 0 aromatic heterocycles. The molecule has 1 fully saturated rings. The van der Waals surface area contributed by atoms with Gasteiger partial charge in [-0.25, -0.2) is 0 Å². The molecule has 2 aliphatic rings.